The van der Waals surface area contributed by atoms with E-state index >= 15 is 0 Å². The van der Waals surface area contributed by atoms with Crippen molar-refractivity contribution < 1.29 is 22.6 Å². The van der Waals surface area contributed by atoms with E-state index in [4.69, 9.17) is 9.47 Å². The summed E-state index contributed by atoms with van der Waals surface area (Å²) in [5.74, 6) is 0.801. The topological polar surface area (TPSA) is 49.5 Å². The third-order valence-electron chi connectivity index (χ3n) is 6.07. The molecule has 2 N–H and O–H groups in total. The summed E-state index contributed by atoms with van der Waals surface area (Å²) >= 11 is 0. The number of rotatable bonds is 3. The molecule has 164 valence electrons. The van der Waals surface area contributed by atoms with Crippen molar-refractivity contribution in [1.29, 1.82) is 0 Å². The van der Waals surface area contributed by atoms with Crippen molar-refractivity contribution in [2.45, 2.75) is 31.3 Å². The maximum atomic E-state index is 13.3. The molecule has 0 bridgehead atoms. The molecule has 0 spiro atoms. The standard InChI is InChI=1S/C23H24F3N3O2/c1-14-12-29(9-10-30-14)19-13-31-20-8-3-2-5-15(20)22(19)28-18-7-4-6-17-16(18)11-21(27-17)23(24,25)26/h2-8,11,14,19,22,27-28H,9-10,12-13H2,1H3. The van der Waals surface area contributed by atoms with Gasteiger partial charge in [-0.3, -0.25) is 4.90 Å². The van der Waals surface area contributed by atoms with Crippen molar-refractivity contribution in [3.8, 4) is 5.75 Å². The molecule has 1 aromatic heterocycles. The average Bonchev–Trinajstić information content (AvgIpc) is 3.20. The summed E-state index contributed by atoms with van der Waals surface area (Å²) in [6.45, 7) is 4.75. The number of aromatic amines is 1. The van der Waals surface area contributed by atoms with Gasteiger partial charge in [0.05, 0.1) is 24.8 Å². The summed E-state index contributed by atoms with van der Waals surface area (Å²) in [7, 11) is 0. The van der Waals surface area contributed by atoms with E-state index in [0.29, 0.717) is 29.8 Å². The molecule has 2 aliphatic rings. The average molecular weight is 431 g/mol. The Kier molecular flexibility index (Phi) is 5.06. The van der Waals surface area contributed by atoms with E-state index in [1.807, 2.05) is 37.3 Å². The summed E-state index contributed by atoms with van der Waals surface area (Å²) in [4.78, 5) is 4.84. The fourth-order valence-electron chi connectivity index (χ4n) is 4.59. The molecule has 1 fully saturated rings. The van der Waals surface area contributed by atoms with Crippen molar-refractivity contribution in [3.63, 3.8) is 0 Å². The minimum atomic E-state index is -4.42. The van der Waals surface area contributed by atoms with Gasteiger partial charge in [0.1, 0.15) is 18.1 Å². The minimum Gasteiger partial charge on any atom is -0.491 e. The number of para-hydroxylation sites is 1. The van der Waals surface area contributed by atoms with E-state index in [2.05, 4.69) is 15.2 Å². The third-order valence-corrected chi connectivity index (χ3v) is 6.07. The van der Waals surface area contributed by atoms with Crippen LogP contribution in [0, 0.1) is 0 Å². The molecular formula is C23H24F3N3O2. The number of H-pyrrole nitrogens is 1. The lowest BCUT2D eigenvalue weighted by molar-refractivity contribution is -0.140. The molecule has 0 saturated carbocycles. The van der Waals surface area contributed by atoms with Gasteiger partial charge < -0.3 is 19.8 Å². The molecular weight excluding hydrogens is 407 g/mol. The van der Waals surface area contributed by atoms with Crippen LogP contribution in [0.3, 0.4) is 0 Å². The zero-order valence-corrected chi connectivity index (χ0v) is 17.1. The molecule has 3 unspecified atom stereocenters. The Labute approximate surface area is 178 Å². The normalized spacial score (nSPS) is 24.6. The van der Waals surface area contributed by atoms with Crippen LogP contribution in [-0.2, 0) is 10.9 Å². The van der Waals surface area contributed by atoms with Crippen molar-refractivity contribution in [2.75, 3.05) is 31.6 Å². The number of nitrogens with zero attached hydrogens (tertiary/aromatic N) is 1. The van der Waals surface area contributed by atoms with Gasteiger partial charge in [0.25, 0.3) is 0 Å². The number of fused-ring (bicyclic) bond motifs is 2. The van der Waals surface area contributed by atoms with Gasteiger partial charge in [-0.25, -0.2) is 0 Å². The van der Waals surface area contributed by atoms with Crippen molar-refractivity contribution in [1.82, 2.24) is 9.88 Å². The maximum Gasteiger partial charge on any atom is 0.431 e. The molecule has 0 radical (unpaired) electrons. The number of hydrogen-bond acceptors (Lipinski definition) is 4. The van der Waals surface area contributed by atoms with Crippen LogP contribution in [0.15, 0.2) is 48.5 Å². The lowest BCUT2D eigenvalue weighted by Gasteiger charge is -2.44. The molecule has 8 heteroatoms. The first-order chi connectivity index (χ1) is 14.9. The van der Waals surface area contributed by atoms with Gasteiger partial charge in [-0.1, -0.05) is 24.3 Å². The Hall–Kier alpha value is -2.71. The second-order valence-corrected chi connectivity index (χ2v) is 8.16. The summed E-state index contributed by atoms with van der Waals surface area (Å²) in [6.07, 6.45) is -4.30. The first-order valence-corrected chi connectivity index (χ1v) is 10.4. The summed E-state index contributed by atoms with van der Waals surface area (Å²) in [6, 6.07) is 14.1. The zero-order chi connectivity index (χ0) is 21.6. The number of aromatic nitrogens is 1. The van der Waals surface area contributed by atoms with Crippen LogP contribution in [0.2, 0.25) is 0 Å². The Morgan fingerprint density at radius 1 is 1.13 bits per heavy atom. The molecule has 1 saturated heterocycles. The van der Waals surface area contributed by atoms with Crippen LogP contribution in [-0.4, -0.2) is 48.3 Å². The molecule has 5 nitrogen and oxygen atoms in total. The van der Waals surface area contributed by atoms with Gasteiger partial charge in [-0.05, 0) is 31.2 Å². The maximum absolute atomic E-state index is 13.3. The minimum absolute atomic E-state index is 0.0255. The van der Waals surface area contributed by atoms with Gasteiger partial charge in [0, 0.05) is 35.2 Å². The summed E-state index contributed by atoms with van der Waals surface area (Å²) < 4.78 is 51.6. The van der Waals surface area contributed by atoms with Crippen LogP contribution in [0.25, 0.3) is 10.9 Å². The predicted octanol–water partition coefficient (Wildman–Crippen LogP) is 4.82. The number of alkyl halides is 3. The van der Waals surface area contributed by atoms with Crippen LogP contribution >= 0.6 is 0 Å². The first kappa shape index (κ1) is 20.2. The Bertz CT molecular complexity index is 1080. The Morgan fingerprint density at radius 3 is 2.77 bits per heavy atom. The Morgan fingerprint density at radius 2 is 1.97 bits per heavy atom. The fraction of sp³-hybridized carbons (Fsp3) is 0.391. The van der Waals surface area contributed by atoms with Crippen LogP contribution in [0.1, 0.15) is 24.2 Å². The van der Waals surface area contributed by atoms with E-state index in [1.165, 1.54) is 6.07 Å². The molecule has 2 aromatic carbocycles. The largest absolute Gasteiger partial charge is 0.491 e. The number of nitrogens with one attached hydrogen (secondary N) is 2. The van der Waals surface area contributed by atoms with E-state index in [9.17, 15) is 13.2 Å². The molecule has 3 atom stereocenters. The highest BCUT2D eigenvalue weighted by Gasteiger charge is 2.37. The smallest absolute Gasteiger partial charge is 0.431 e. The number of hydrogen-bond donors (Lipinski definition) is 2. The lowest BCUT2D eigenvalue weighted by Crippen LogP contribution is -2.54. The van der Waals surface area contributed by atoms with Gasteiger partial charge in [-0.15, -0.1) is 0 Å². The third kappa shape index (κ3) is 3.85. The van der Waals surface area contributed by atoms with E-state index < -0.39 is 11.9 Å². The molecule has 0 amide bonds. The van der Waals surface area contributed by atoms with E-state index in [0.717, 1.165) is 24.4 Å². The van der Waals surface area contributed by atoms with Gasteiger partial charge in [0.15, 0.2) is 0 Å². The highest BCUT2D eigenvalue weighted by atomic mass is 19.4. The number of ether oxygens (including phenoxy) is 2. The fourth-order valence-corrected chi connectivity index (χ4v) is 4.59. The number of halogens is 3. The highest BCUT2D eigenvalue weighted by Crippen LogP contribution is 2.39. The van der Waals surface area contributed by atoms with Crippen molar-refractivity contribution in [3.05, 3.63) is 59.8 Å². The molecule has 31 heavy (non-hydrogen) atoms. The summed E-state index contributed by atoms with van der Waals surface area (Å²) in [5.41, 5.74) is 1.37. The monoisotopic (exact) mass is 431 g/mol. The molecule has 3 heterocycles. The van der Waals surface area contributed by atoms with Crippen molar-refractivity contribution >= 4 is 16.6 Å². The number of benzene rings is 2. The molecule has 0 aliphatic carbocycles. The molecule has 2 aliphatic heterocycles. The SMILES string of the molecule is CC1CN(C2COc3ccccc3C2Nc2cccc3[nH]c(C(F)(F)F)cc23)CCO1. The summed E-state index contributed by atoms with van der Waals surface area (Å²) in [5, 5.41) is 4.08. The van der Waals surface area contributed by atoms with E-state index in [1.54, 1.807) is 12.1 Å². The quantitative estimate of drug-likeness (QED) is 0.624. The number of anilines is 1. The van der Waals surface area contributed by atoms with Crippen LogP contribution < -0.4 is 10.1 Å². The van der Waals surface area contributed by atoms with Gasteiger partial charge in [0.2, 0.25) is 0 Å². The molecule has 5 rings (SSSR count). The molecule has 3 aromatic rings. The Balaban J connectivity index is 1.54. The highest BCUT2D eigenvalue weighted by molar-refractivity contribution is 5.93. The van der Waals surface area contributed by atoms with E-state index in [-0.39, 0.29) is 18.2 Å². The van der Waals surface area contributed by atoms with Crippen molar-refractivity contribution in [2.24, 2.45) is 0 Å². The second kappa shape index (κ2) is 7.76. The predicted molar refractivity (Wildman–Crippen MR) is 112 cm³/mol. The van der Waals surface area contributed by atoms with Crippen LogP contribution in [0.5, 0.6) is 5.75 Å². The van der Waals surface area contributed by atoms with Gasteiger partial charge >= 0.3 is 6.18 Å². The second-order valence-electron chi connectivity index (χ2n) is 8.16. The first-order valence-electron chi connectivity index (χ1n) is 10.4. The number of morpholine rings is 1. The van der Waals surface area contributed by atoms with Crippen LogP contribution in [0.4, 0.5) is 18.9 Å². The lowest BCUT2D eigenvalue weighted by atomic mass is 9.94. The van der Waals surface area contributed by atoms with Gasteiger partial charge in [-0.2, -0.15) is 13.2 Å². The zero-order valence-electron chi connectivity index (χ0n) is 17.1.